The number of Topliss-reactive ketones (excluding diaryl/α,β-unsaturated/α-hetero) is 1. The average Bonchev–Trinajstić information content (AvgIpc) is 3.00. The monoisotopic (exact) mass is 272 g/mol. The first kappa shape index (κ1) is 11.2. The van der Waals surface area contributed by atoms with Crippen molar-refractivity contribution in [2.75, 3.05) is 11.5 Å². The lowest BCUT2D eigenvalue weighted by atomic mass is 9.77. The van der Waals surface area contributed by atoms with Gasteiger partial charge in [0.25, 0.3) is 0 Å². The van der Waals surface area contributed by atoms with Crippen molar-refractivity contribution in [3.05, 3.63) is 47.1 Å². The maximum absolute atomic E-state index is 11.7. The predicted octanol–water partition coefficient (Wildman–Crippen LogP) is 2.16. The minimum atomic E-state index is -0.193. The summed E-state index contributed by atoms with van der Waals surface area (Å²) < 4.78 is 5.30. The number of benzene rings is 1. The number of rotatable bonds is 2. The van der Waals surface area contributed by atoms with Gasteiger partial charge in [0, 0.05) is 5.75 Å². The number of carbonyl (C=O) groups excluding carboxylic acids is 1. The summed E-state index contributed by atoms with van der Waals surface area (Å²) in [7, 11) is 0. The van der Waals surface area contributed by atoms with Crippen LogP contribution < -0.4 is 0 Å². The zero-order chi connectivity index (χ0) is 12.8. The van der Waals surface area contributed by atoms with Gasteiger partial charge in [0.1, 0.15) is 5.92 Å². The van der Waals surface area contributed by atoms with Crippen LogP contribution >= 0.6 is 11.8 Å². The molecule has 1 aromatic heterocycles. The number of hydrogen-bond acceptors (Lipinski definition) is 5. The van der Waals surface area contributed by atoms with E-state index in [1.807, 2.05) is 12.1 Å². The molecule has 4 rings (SSSR count). The number of thioether (sulfide) groups is 1. The van der Waals surface area contributed by atoms with Gasteiger partial charge in [-0.3, -0.25) is 4.79 Å². The molecule has 1 saturated heterocycles. The molecule has 1 aliphatic carbocycles. The SMILES string of the molecule is O=C1CSCC1c1nc(C2Cc3ccccc32)no1. The van der Waals surface area contributed by atoms with E-state index in [2.05, 4.69) is 22.3 Å². The minimum Gasteiger partial charge on any atom is -0.339 e. The summed E-state index contributed by atoms with van der Waals surface area (Å²) in [5.74, 6) is 2.79. The third kappa shape index (κ3) is 1.72. The Labute approximate surface area is 114 Å². The summed E-state index contributed by atoms with van der Waals surface area (Å²) in [5.41, 5.74) is 2.63. The first-order valence-electron chi connectivity index (χ1n) is 6.34. The largest absolute Gasteiger partial charge is 0.339 e. The Hall–Kier alpha value is -1.62. The molecule has 2 unspecified atom stereocenters. The van der Waals surface area contributed by atoms with Crippen LogP contribution in [0, 0.1) is 0 Å². The standard InChI is InChI=1S/C14H12N2O2S/c17-12-7-19-6-11(12)14-15-13(16-18-14)10-5-8-3-1-2-4-9(8)10/h1-4,10-11H,5-7H2. The molecule has 2 aliphatic rings. The first-order valence-corrected chi connectivity index (χ1v) is 7.50. The molecule has 0 N–H and O–H groups in total. The Morgan fingerprint density at radius 1 is 1.26 bits per heavy atom. The predicted molar refractivity (Wildman–Crippen MR) is 71.4 cm³/mol. The van der Waals surface area contributed by atoms with Crippen LogP contribution in [0.5, 0.6) is 0 Å². The highest BCUT2D eigenvalue weighted by Crippen LogP contribution is 2.39. The molecule has 0 spiro atoms. The molecular formula is C14H12N2O2S. The topological polar surface area (TPSA) is 56.0 Å². The zero-order valence-corrected chi connectivity index (χ0v) is 11.0. The van der Waals surface area contributed by atoms with Crippen LogP contribution in [-0.4, -0.2) is 27.4 Å². The second-order valence-electron chi connectivity index (χ2n) is 4.98. The summed E-state index contributed by atoms with van der Waals surface area (Å²) >= 11 is 1.63. The molecule has 2 atom stereocenters. The molecule has 19 heavy (non-hydrogen) atoms. The molecular weight excluding hydrogens is 260 g/mol. The van der Waals surface area contributed by atoms with Gasteiger partial charge in [-0.2, -0.15) is 16.7 Å². The molecule has 2 aromatic rings. The Kier molecular flexibility index (Phi) is 2.48. The van der Waals surface area contributed by atoms with Crippen LogP contribution in [0.25, 0.3) is 0 Å². The van der Waals surface area contributed by atoms with Gasteiger partial charge in [-0.1, -0.05) is 29.4 Å². The van der Waals surface area contributed by atoms with E-state index in [9.17, 15) is 4.79 Å². The van der Waals surface area contributed by atoms with Crippen LogP contribution in [0.3, 0.4) is 0 Å². The van der Waals surface area contributed by atoms with E-state index in [4.69, 9.17) is 4.52 Å². The minimum absolute atomic E-state index is 0.193. The Balaban J connectivity index is 1.62. The summed E-state index contributed by atoms with van der Waals surface area (Å²) in [4.78, 5) is 16.1. The number of carbonyl (C=O) groups is 1. The molecule has 0 saturated carbocycles. The van der Waals surface area contributed by atoms with Crippen LogP contribution in [-0.2, 0) is 11.2 Å². The zero-order valence-electron chi connectivity index (χ0n) is 10.2. The number of aromatic nitrogens is 2. The summed E-state index contributed by atoms with van der Waals surface area (Å²) in [6, 6.07) is 8.31. The quantitative estimate of drug-likeness (QED) is 0.838. The van der Waals surface area contributed by atoms with Crippen molar-refractivity contribution in [3.8, 4) is 0 Å². The van der Waals surface area contributed by atoms with Gasteiger partial charge >= 0.3 is 0 Å². The van der Waals surface area contributed by atoms with Crippen LogP contribution in [0.2, 0.25) is 0 Å². The van der Waals surface area contributed by atoms with E-state index in [1.54, 1.807) is 11.8 Å². The number of nitrogens with zero attached hydrogens (tertiary/aromatic N) is 2. The maximum Gasteiger partial charge on any atom is 0.238 e. The lowest BCUT2D eigenvalue weighted by molar-refractivity contribution is -0.117. The number of ketones is 1. The van der Waals surface area contributed by atoms with Gasteiger partial charge in [-0.25, -0.2) is 0 Å². The Bertz CT molecular complexity index is 652. The maximum atomic E-state index is 11.7. The van der Waals surface area contributed by atoms with Crippen molar-refractivity contribution in [1.82, 2.24) is 10.1 Å². The van der Waals surface area contributed by atoms with Gasteiger partial charge in [0.2, 0.25) is 5.89 Å². The van der Waals surface area contributed by atoms with Gasteiger partial charge in [-0.15, -0.1) is 0 Å². The van der Waals surface area contributed by atoms with Crippen molar-refractivity contribution in [2.45, 2.75) is 18.3 Å². The van der Waals surface area contributed by atoms with E-state index >= 15 is 0 Å². The number of hydrogen-bond donors (Lipinski definition) is 0. The molecule has 2 heterocycles. The first-order chi connectivity index (χ1) is 9.33. The van der Waals surface area contributed by atoms with E-state index < -0.39 is 0 Å². The van der Waals surface area contributed by atoms with Gasteiger partial charge in [0.05, 0.1) is 11.7 Å². The van der Waals surface area contributed by atoms with Gasteiger partial charge in [-0.05, 0) is 17.5 Å². The molecule has 1 aromatic carbocycles. The van der Waals surface area contributed by atoms with E-state index in [1.165, 1.54) is 11.1 Å². The fourth-order valence-corrected chi connectivity index (χ4v) is 3.78. The fraction of sp³-hybridized carbons (Fsp3) is 0.357. The van der Waals surface area contributed by atoms with E-state index in [0.717, 1.165) is 18.0 Å². The normalized spacial score (nSPS) is 25.2. The highest BCUT2D eigenvalue weighted by molar-refractivity contribution is 8.00. The highest BCUT2D eigenvalue weighted by Gasteiger charge is 2.35. The molecule has 0 amide bonds. The Morgan fingerprint density at radius 2 is 2.16 bits per heavy atom. The fourth-order valence-electron chi connectivity index (χ4n) is 2.70. The summed E-state index contributed by atoms with van der Waals surface area (Å²) in [5, 5.41) is 4.07. The molecule has 0 radical (unpaired) electrons. The third-order valence-corrected chi connectivity index (χ3v) is 4.90. The summed E-state index contributed by atoms with van der Waals surface area (Å²) in [6.45, 7) is 0. The van der Waals surface area contributed by atoms with E-state index in [0.29, 0.717) is 11.6 Å². The van der Waals surface area contributed by atoms with Crippen molar-refractivity contribution in [2.24, 2.45) is 0 Å². The summed E-state index contributed by atoms with van der Waals surface area (Å²) in [6.07, 6.45) is 0.961. The third-order valence-electron chi connectivity index (χ3n) is 3.84. The molecule has 0 bridgehead atoms. The van der Waals surface area contributed by atoms with Crippen molar-refractivity contribution in [3.63, 3.8) is 0 Å². The van der Waals surface area contributed by atoms with Crippen LogP contribution in [0.15, 0.2) is 28.8 Å². The van der Waals surface area contributed by atoms with Gasteiger partial charge < -0.3 is 4.52 Å². The van der Waals surface area contributed by atoms with E-state index in [-0.39, 0.29) is 17.6 Å². The molecule has 1 fully saturated rings. The van der Waals surface area contributed by atoms with Crippen LogP contribution in [0.1, 0.15) is 34.7 Å². The smallest absolute Gasteiger partial charge is 0.238 e. The molecule has 96 valence electrons. The second kappa shape index (κ2) is 4.20. The lowest BCUT2D eigenvalue weighted by Gasteiger charge is -2.27. The second-order valence-corrected chi connectivity index (χ2v) is 6.01. The number of fused-ring (bicyclic) bond motifs is 1. The molecule has 5 heteroatoms. The Morgan fingerprint density at radius 3 is 2.95 bits per heavy atom. The van der Waals surface area contributed by atoms with Crippen molar-refractivity contribution >= 4 is 17.5 Å². The van der Waals surface area contributed by atoms with Crippen molar-refractivity contribution in [1.29, 1.82) is 0 Å². The van der Waals surface area contributed by atoms with Gasteiger partial charge in [0.15, 0.2) is 11.6 Å². The lowest BCUT2D eigenvalue weighted by Crippen LogP contribution is -2.19. The van der Waals surface area contributed by atoms with Crippen LogP contribution in [0.4, 0.5) is 0 Å². The molecule has 1 aliphatic heterocycles. The highest BCUT2D eigenvalue weighted by atomic mass is 32.2. The molecule has 4 nitrogen and oxygen atoms in total. The average molecular weight is 272 g/mol. The van der Waals surface area contributed by atoms with Crippen molar-refractivity contribution < 1.29 is 9.32 Å².